The lowest BCUT2D eigenvalue weighted by molar-refractivity contribution is 0.0696. The van der Waals surface area contributed by atoms with E-state index in [1.165, 1.54) is 0 Å². The molecule has 0 fully saturated rings. The molecule has 0 bridgehead atoms. The molecule has 2 aromatic rings. The van der Waals surface area contributed by atoms with Crippen LogP contribution in [0.3, 0.4) is 0 Å². The molecule has 0 spiro atoms. The topological polar surface area (TPSA) is 59.4 Å². The summed E-state index contributed by atoms with van der Waals surface area (Å²) in [7, 11) is 1.63. The summed E-state index contributed by atoms with van der Waals surface area (Å²) in [5, 5.41) is 10.7. The minimum Gasteiger partial charge on any atom is -0.497 e. The van der Waals surface area contributed by atoms with Gasteiger partial charge < -0.3 is 9.84 Å². The first-order chi connectivity index (χ1) is 8.69. The Kier molecular flexibility index (Phi) is 4.22. The smallest absolute Gasteiger partial charge is 0.365 e. The highest BCUT2D eigenvalue weighted by molar-refractivity contribution is 7.98. The predicted molar refractivity (Wildman–Crippen MR) is 71.6 cm³/mol. The number of carboxylic acid groups (broad SMARTS) is 1. The highest BCUT2D eigenvalue weighted by atomic mass is 32.2. The van der Waals surface area contributed by atoms with Crippen LogP contribution in [0.15, 0.2) is 34.5 Å². The summed E-state index contributed by atoms with van der Waals surface area (Å²) in [6, 6.07) is 7.72. The summed E-state index contributed by atoms with van der Waals surface area (Å²) in [5.41, 5.74) is 0.790. The van der Waals surface area contributed by atoms with E-state index in [1.54, 1.807) is 24.3 Å². The van der Waals surface area contributed by atoms with Crippen molar-refractivity contribution in [2.75, 3.05) is 7.11 Å². The minimum absolute atomic E-state index is 0.139. The van der Waals surface area contributed by atoms with Gasteiger partial charge in [-0.2, -0.15) is 0 Å². The zero-order valence-electron chi connectivity index (χ0n) is 9.62. The number of aromatic carboxylic acids is 1. The molecule has 2 rings (SSSR count). The number of carboxylic acids is 1. The average molecular weight is 281 g/mol. The zero-order valence-corrected chi connectivity index (χ0v) is 11.3. The van der Waals surface area contributed by atoms with Crippen molar-refractivity contribution in [1.82, 2.24) is 4.98 Å². The van der Waals surface area contributed by atoms with E-state index in [0.717, 1.165) is 27.7 Å². The van der Waals surface area contributed by atoms with Crippen molar-refractivity contribution in [2.24, 2.45) is 0 Å². The van der Waals surface area contributed by atoms with E-state index in [-0.39, 0.29) is 5.01 Å². The first-order valence-corrected chi connectivity index (χ1v) is 7.00. The first-order valence-electron chi connectivity index (χ1n) is 5.13. The van der Waals surface area contributed by atoms with E-state index in [4.69, 9.17) is 9.84 Å². The maximum atomic E-state index is 10.7. The first kappa shape index (κ1) is 12.9. The fourth-order valence-corrected chi connectivity index (χ4v) is 2.85. The van der Waals surface area contributed by atoms with Crippen molar-refractivity contribution >= 4 is 29.1 Å². The van der Waals surface area contributed by atoms with Crippen LogP contribution in [0.1, 0.15) is 15.5 Å². The number of rotatable bonds is 5. The fraction of sp³-hybridized carbons (Fsp3) is 0.167. The molecular weight excluding hydrogens is 270 g/mol. The van der Waals surface area contributed by atoms with Gasteiger partial charge >= 0.3 is 5.97 Å². The molecule has 1 heterocycles. The van der Waals surface area contributed by atoms with Crippen molar-refractivity contribution in [3.63, 3.8) is 0 Å². The average Bonchev–Trinajstić information content (AvgIpc) is 2.86. The van der Waals surface area contributed by atoms with Gasteiger partial charge in [0.15, 0.2) is 0 Å². The number of benzene rings is 1. The summed E-state index contributed by atoms with van der Waals surface area (Å²) in [6.45, 7) is 0. The largest absolute Gasteiger partial charge is 0.497 e. The van der Waals surface area contributed by atoms with Gasteiger partial charge in [0.05, 0.1) is 12.8 Å². The number of thioether (sulfide) groups is 1. The normalized spacial score (nSPS) is 10.3. The van der Waals surface area contributed by atoms with Crippen LogP contribution in [0.2, 0.25) is 0 Å². The van der Waals surface area contributed by atoms with Crippen LogP contribution < -0.4 is 4.74 Å². The van der Waals surface area contributed by atoms with Gasteiger partial charge in [-0.15, -0.1) is 23.1 Å². The lowest BCUT2D eigenvalue weighted by atomic mass is 10.3. The predicted octanol–water partition coefficient (Wildman–Crippen LogP) is 3.14. The molecule has 4 nitrogen and oxygen atoms in total. The SMILES string of the molecule is COc1ccc(SCc2csc(C(=O)O)n2)cc1. The molecule has 0 aliphatic carbocycles. The number of hydrogen-bond donors (Lipinski definition) is 1. The summed E-state index contributed by atoms with van der Waals surface area (Å²) < 4.78 is 5.08. The summed E-state index contributed by atoms with van der Waals surface area (Å²) in [5.74, 6) is 0.512. The maximum Gasteiger partial charge on any atom is 0.365 e. The molecule has 0 aliphatic heterocycles. The molecule has 0 saturated carbocycles. The van der Waals surface area contributed by atoms with Gasteiger partial charge in [0.1, 0.15) is 5.75 Å². The van der Waals surface area contributed by atoms with E-state index in [0.29, 0.717) is 5.75 Å². The molecule has 94 valence electrons. The Morgan fingerprint density at radius 2 is 2.17 bits per heavy atom. The van der Waals surface area contributed by atoms with Gasteiger partial charge in [-0.3, -0.25) is 0 Å². The fourth-order valence-electron chi connectivity index (χ4n) is 1.30. The number of hydrogen-bond acceptors (Lipinski definition) is 5. The lowest BCUT2D eigenvalue weighted by Crippen LogP contribution is -1.94. The Morgan fingerprint density at radius 3 is 2.72 bits per heavy atom. The van der Waals surface area contributed by atoms with E-state index >= 15 is 0 Å². The molecule has 0 saturated heterocycles. The molecule has 18 heavy (non-hydrogen) atoms. The molecular formula is C12H11NO3S2. The van der Waals surface area contributed by atoms with Crippen molar-refractivity contribution in [3.05, 3.63) is 40.3 Å². The molecule has 6 heteroatoms. The lowest BCUT2D eigenvalue weighted by Gasteiger charge is -2.01. The van der Waals surface area contributed by atoms with Crippen LogP contribution in [0.25, 0.3) is 0 Å². The van der Waals surface area contributed by atoms with Crippen molar-refractivity contribution < 1.29 is 14.6 Å². The second kappa shape index (κ2) is 5.88. The molecule has 0 aliphatic rings. The Balaban J connectivity index is 1.95. The number of aromatic nitrogens is 1. The third-order valence-corrected chi connectivity index (χ3v) is 4.11. The number of methoxy groups -OCH3 is 1. The summed E-state index contributed by atoms with van der Waals surface area (Å²) in [4.78, 5) is 15.8. The number of ether oxygens (including phenoxy) is 1. The van der Waals surface area contributed by atoms with Crippen LogP contribution in [-0.4, -0.2) is 23.2 Å². The van der Waals surface area contributed by atoms with Crippen molar-refractivity contribution in [2.45, 2.75) is 10.6 Å². The highest BCUT2D eigenvalue weighted by Crippen LogP contribution is 2.25. The van der Waals surface area contributed by atoms with E-state index in [9.17, 15) is 4.79 Å². The molecule has 0 amide bonds. The van der Waals surface area contributed by atoms with Crippen molar-refractivity contribution in [3.8, 4) is 5.75 Å². The van der Waals surface area contributed by atoms with Gasteiger partial charge in [0.2, 0.25) is 5.01 Å². The quantitative estimate of drug-likeness (QED) is 0.853. The zero-order chi connectivity index (χ0) is 13.0. The molecule has 0 atom stereocenters. The number of carbonyl (C=O) groups is 1. The van der Waals surface area contributed by atoms with Gasteiger partial charge in [0.25, 0.3) is 0 Å². The maximum absolute atomic E-state index is 10.7. The van der Waals surface area contributed by atoms with Crippen LogP contribution >= 0.6 is 23.1 Å². The summed E-state index contributed by atoms with van der Waals surface area (Å²) in [6.07, 6.45) is 0. The van der Waals surface area contributed by atoms with Crippen LogP contribution in [0, 0.1) is 0 Å². The van der Waals surface area contributed by atoms with Crippen LogP contribution in [0.4, 0.5) is 0 Å². The molecule has 0 radical (unpaired) electrons. The standard InChI is InChI=1S/C12H11NO3S2/c1-16-9-2-4-10(5-3-9)17-6-8-7-18-11(13-8)12(14)15/h2-5,7H,6H2,1H3,(H,14,15). The van der Waals surface area contributed by atoms with E-state index in [1.807, 2.05) is 24.3 Å². The Labute approximate surface area is 113 Å². The molecule has 0 unspecified atom stereocenters. The van der Waals surface area contributed by atoms with Gasteiger partial charge in [-0.1, -0.05) is 0 Å². The van der Waals surface area contributed by atoms with Gasteiger partial charge in [-0.25, -0.2) is 9.78 Å². The monoisotopic (exact) mass is 281 g/mol. The van der Waals surface area contributed by atoms with Crippen molar-refractivity contribution in [1.29, 1.82) is 0 Å². The third-order valence-electron chi connectivity index (χ3n) is 2.18. The van der Waals surface area contributed by atoms with Gasteiger partial charge in [-0.05, 0) is 24.3 Å². The third kappa shape index (κ3) is 3.24. The Bertz CT molecular complexity index is 537. The second-order valence-electron chi connectivity index (χ2n) is 3.41. The van der Waals surface area contributed by atoms with E-state index < -0.39 is 5.97 Å². The minimum atomic E-state index is -0.972. The van der Waals surface area contributed by atoms with Gasteiger partial charge in [0, 0.05) is 16.0 Å². The van der Waals surface area contributed by atoms with Crippen LogP contribution in [-0.2, 0) is 5.75 Å². The molecule has 1 aromatic carbocycles. The Morgan fingerprint density at radius 1 is 1.44 bits per heavy atom. The van der Waals surface area contributed by atoms with E-state index in [2.05, 4.69) is 4.98 Å². The number of nitrogens with zero attached hydrogens (tertiary/aromatic N) is 1. The molecule has 1 aromatic heterocycles. The molecule has 1 N–H and O–H groups in total. The summed E-state index contributed by atoms with van der Waals surface area (Å²) >= 11 is 2.77. The Hall–Kier alpha value is -1.53. The van der Waals surface area contributed by atoms with Crippen LogP contribution in [0.5, 0.6) is 5.75 Å². The highest BCUT2D eigenvalue weighted by Gasteiger charge is 2.08. The number of thiazole rings is 1. The second-order valence-corrected chi connectivity index (χ2v) is 5.32.